The smallest absolute Gasteiger partial charge is 0.000764 e. The average Bonchev–Trinajstić information content (AvgIpc) is 3.22. The second kappa shape index (κ2) is 12.5. The van der Waals surface area contributed by atoms with Gasteiger partial charge in [0.05, 0.1) is 0 Å². The quantitative estimate of drug-likeness (QED) is 0.173. The Bertz CT molecular complexity index is 2930. The van der Waals surface area contributed by atoms with Gasteiger partial charge in [-0.1, -0.05) is 200 Å². The predicted molar refractivity (Wildman–Crippen MR) is 224 cm³/mol. The van der Waals surface area contributed by atoms with Crippen LogP contribution in [-0.4, -0.2) is 0 Å². The summed E-state index contributed by atoms with van der Waals surface area (Å²) in [4.78, 5) is 0. The van der Waals surface area contributed by atoms with Crippen molar-refractivity contribution in [2.45, 2.75) is 0 Å². The van der Waals surface area contributed by atoms with Crippen LogP contribution >= 0.6 is 0 Å². The first-order chi connectivity index (χ1) is 25.8. The lowest BCUT2D eigenvalue weighted by atomic mass is 9.76. The zero-order valence-corrected chi connectivity index (χ0v) is 28.6. The van der Waals surface area contributed by atoms with Crippen LogP contribution < -0.4 is 0 Å². The topological polar surface area (TPSA) is 0 Å². The van der Waals surface area contributed by atoms with E-state index in [2.05, 4.69) is 206 Å². The summed E-state index contributed by atoms with van der Waals surface area (Å²) in [6.45, 7) is 0. The molecule has 242 valence electrons. The Morgan fingerprint density at radius 3 is 0.981 bits per heavy atom. The minimum absolute atomic E-state index is 1.19. The Hall–Kier alpha value is -6.76. The first-order valence-electron chi connectivity index (χ1n) is 18.0. The third-order valence-corrected chi connectivity index (χ3v) is 10.7. The molecule has 0 aromatic heterocycles. The summed E-state index contributed by atoms with van der Waals surface area (Å²) in [7, 11) is 0. The van der Waals surface area contributed by atoms with Crippen LogP contribution in [-0.2, 0) is 0 Å². The van der Waals surface area contributed by atoms with Crippen molar-refractivity contribution in [1.29, 1.82) is 0 Å². The van der Waals surface area contributed by atoms with Crippen molar-refractivity contribution >= 4 is 43.1 Å². The normalized spacial score (nSPS) is 11.5. The van der Waals surface area contributed by atoms with Gasteiger partial charge in [-0.25, -0.2) is 0 Å². The highest BCUT2D eigenvalue weighted by Crippen LogP contribution is 2.54. The third kappa shape index (κ3) is 4.92. The molecule has 0 saturated heterocycles. The van der Waals surface area contributed by atoms with Crippen LogP contribution in [0.25, 0.3) is 98.7 Å². The maximum atomic E-state index is 2.49. The minimum atomic E-state index is 1.19. The van der Waals surface area contributed by atoms with E-state index in [0.717, 1.165) is 0 Å². The van der Waals surface area contributed by atoms with Crippen molar-refractivity contribution < 1.29 is 0 Å². The number of hydrogen-bond donors (Lipinski definition) is 0. The molecule has 0 bridgehead atoms. The van der Waals surface area contributed by atoms with Gasteiger partial charge in [0.2, 0.25) is 0 Å². The van der Waals surface area contributed by atoms with E-state index in [0.29, 0.717) is 0 Å². The molecule has 0 unspecified atom stereocenters. The van der Waals surface area contributed by atoms with Gasteiger partial charge < -0.3 is 0 Å². The molecule has 0 nitrogen and oxygen atoms in total. The zero-order chi connectivity index (χ0) is 34.4. The highest BCUT2D eigenvalue weighted by molar-refractivity contribution is 6.18. The van der Waals surface area contributed by atoms with Gasteiger partial charge in [0, 0.05) is 0 Å². The second-order valence-corrected chi connectivity index (χ2v) is 13.6. The average molecular weight is 659 g/mol. The van der Waals surface area contributed by atoms with Crippen molar-refractivity contribution in [2.75, 3.05) is 0 Å². The summed E-state index contributed by atoms with van der Waals surface area (Å²) in [6.07, 6.45) is 0. The fourth-order valence-corrected chi connectivity index (χ4v) is 8.36. The molecule has 0 heterocycles. The Balaban J connectivity index is 1.51. The maximum Gasteiger partial charge on any atom is -0.000764 e. The molecule has 52 heavy (non-hydrogen) atoms. The van der Waals surface area contributed by atoms with Gasteiger partial charge in [0.1, 0.15) is 0 Å². The highest BCUT2D eigenvalue weighted by Gasteiger charge is 2.27. The molecule has 0 amide bonds. The lowest BCUT2D eigenvalue weighted by Gasteiger charge is -2.27. The fraction of sp³-hybridized carbons (Fsp3) is 0. The van der Waals surface area contributed by atoms with Crippen LogP contribution in [0.4, 0.5) is 0 Å². The molecule has 0 saturated carbocycles. The summed E-state index contributed by atoms with van der Waals surface area (Å²) in [5.41, 5.74) is 12.3. The highest BCUT2D eigenvalue weighted by atomic mass is 14.3. The van der Waals surface area contributed by atoms with Gasteiger partial charge in [0.25, 0.3) is 0 Å². The Morgan fingerprint density at radius 1 is 0.192 bits per heavy atom. The van der Waals surface area contributed by atoms with E-state index >= 15 is 0 Å². The first kappa shape index (κ1) is 30.1. The maximum absolute atomic E-state index is 2.49. The van der Waals surface area contributed by atoms with Gasteiger partial charge in [-0.15, -0.1) is 0 Å². The van der Waals surface area contributed by atoms with Crippen molar-refractivity contribution in [3.8, 4) is 55.6 Å². The molecular formula is C52H34. The van der Waals surface area contributed by atoms with Gasteiger partial charge >= 0.3 is 0 Å². The molecule has 0 heteroatoms. The molecular weight excluding hydrogens is 625 g/mol. The van der Waals surface area contributed by atoms with E-state index in [4.69, 9.17) is 0 Å². The van der Waals surface area contributed by atoms with Crippen molar-refractivity contribution in [1.82, 2.24) is 0 Å². The third-order valence-electron chi connectivity index (χ3n) is 10.7. The lowest BCUT2D eigenvalue weighted by molar-refractivity contribution is 1.56. The summed E-state index contributed by atoms with van der Waals surface area (Å²) in [5, 5.41) is 9.88. The Morgan fingerprint density at radius 2 is 0.519 bits per heavy atom. The van der Waals surface area contributed by atoms with Crippen molar-refractivity contribution in [3.63, 3.8) is 0 Å². The van der Waals surface area contributed by atoms with Crippen LogP contribution in [0.3, 0.4) is 0 Å². The number of benzene rings is 10. The van der Waals surface area contributed by atoms with E-state index in [9.17, 15) is 0 Å². The monoisotopic (exact) mass is 658 g/mol. The SMILES string of the molecule is c1ccc(-c2cc(-c3cccc4ccccc34)c(-c3cccc4ccccc34)c(-c3cccc4ccccc34)c2-c2cccc3ccccc23)cc1. The Labute approximate surface area is 303 Å². The summed E-state index contributed by atoms with van der Waals surface area (Å²) >= 11 is 0. The van der Waals surface area contributed by atoms with E-state index < -0.39 is 0 Å². The van der Waals surface area contributed by atoms with Crippen LogP contribution in [0.15, 0.2) is 206 Å². The summed E-state index contributed by atoms with van der Waals surface area (Å²) in [5.74, 6) is 0. The van der Waals surface area contributed by atoms with Crippen LogP contribution in [0.5, 0.6) is 0 Å². The number of hydrogen-bond acceptors (Lipinski definition) is 0. The molecule has 0 aliphatic carbocycles. The van der Waals surface area contributed by atoms with Gasteiger partial charge in [-0.2, -0.15) is 0 Å². The molecule has 10 aromatic rings. The molecule has 0 aliphatic rings. The minimum Gasteiger partial charge on any atom is -0.0622 e. The molecule has 0 fully saturated rings. The van der Waals surface area contributed by atoms with Crippen LogP contribution in [0.1, 0.15) is 0 Å². The van der Waals surface area contributed by atoms with E-state index in [1.807, 2.05) is 0 Å². The molecule has 0 N–H and O–H groups in total. The van der Waals surface area contributed by atoms with E-state index in [1.165, 1.54) is 98.7 Å². The number of fused-ring (bicyclic) bond motifs is 4. The number of rotatable bonds is 5. The second-order valence-electron chi connectivity index (χ2n) is 13.6. The standard InChI is InChI=1S/C52H34/c1-2-16-39(17-3-1)48-34-49(44-30-12-22-35-18-4-8-26-40(35)44)51(46-32-14-24-37-20-6-10-28-42(37)46)52(47-33-15-25-38-21-7-11-29-43(38)47)50(48)45-31-13-23-36-19-5-9-27-41(36)45/h1-34H. The molecule has 0 aliphatic heterocycles. The lowest BCUT2D eigenvalue weighted by Crippen LogP contribution is -2.00. The predicted octanol–water partition coefficient (Wildman–Crippen LogP) is 14.6. The van der Waals surface area contributed by atoms with Crippen LogP contribution in [0.2, 0.25) is 0 Å². The summed E-state index contributed by atoms with van der Waals surface area (Å²) in [6, 6.07) is 75.9. The van der Waals surface area contributed by atoms with Gasteiger partial charge in [-0.3, -0.25) is 0 Å². The molecule has 10 rings (SSSR count). The zero-order valence-electron chi connectivity index (χ0n) is 28.6. The fourth-order valence-electron chi connectivity index (χ4n) is 8.36. The Kier molecular flexibility index (Phi) is 7.25. The van der Waals surface area contributed by atoms with Gasteiger partial charge in [-0.05, 0) is 105 Å². The molecule has 0 radical (unpaired) electrons. The van der Waals surface area contributed by atoms with Crippen molar-refractivity contribution in [3.05, 3.63) is 206 Å². The molecule has 0 spiro atoms. The van der Waals surface area contributed by atoms with E-state index in [1.54, 1.807) is 0 Å². The van der Waals surface area contributed by atoms with Gasteiger partial charge in [0.15, 0.2) is 0 Å². The largest absolute Gasteiger partial charge is 0.0622 e. The van der Waals surface area contributed by atoms with E-state index in [-0.39, 0.29) is 0 Å². The van der Waals surface area contributed by atoms with Crippen LogP contribution in [0, 0.1) is 0 Å². The first-order valence-corrected chi connectivity index (χ1v) is 18.0. The summed E-state index contributed by atoms with van der Waals surface area (Å²) < 4.78 is 0. The van der Waals surface area contributed by atoms with Crippen molar-refractivity contribution in [2.24, 2.45) is 0 Å². The molecule has 10 aromatic carbocycles. The molecule has 0 atom stereocenters.